The summed E-state index contributed by atoms with van der Waals surface area (Å²) in [5.41, 5.74) is -1.08. The summed E-state index contributed by atoms with van der Waals surface area (Å²) in [4.78, 5) is 11.2. The molecule has 1 heterocycles. The molecule has 0 atom stereocenters. The van der Waals surface area contributed by atoms with Gasteiger partial charge in [0, 0.05) is 13.1 Å². The topological polar surface area (TPSA) is 81.3 Å². The molecule has 0 saturated heterocycles. The first-order valence-corrected chi connectivity index (χ1v) is 8.84. The van der Waals surface area contributed by atoms with Gasteiger partial charge in [-0.25, -0.2) is 13.2 Å². The van der Waals surface area contributed by atoms with E-state index in [0.29, 0.717) is 11.6 Å². The van der Waals surface area contributed by atoms with Crippen molar-refractivity contribution in [1.29, 1.82) is 0 Å². The van der Waals surface area contributed by atoms with Crippen LogP contribution in [0.3, 0.4) is 0 Å². The number of rotatable bonds is 3. The number of sulfonamides is 1. The van der Waals surface area contributed by atoms with Gasteiger partial charge in [-0.1, -0.05) is 11.6 Å². The van der Waals surface area contributed by atoms with Crippen LogP contribution in [0.5, 0.6) is 0 Å². The minimum Gasteiger partial charge on any atom is -0.408 e. The fraction of sp³-hybridized carbons (Fsp3) is 0.133. The van der Waals surface area contributed by atoms with Crippen LogP contribution in [0.25, 0.3) is 11.1 Å². The van der Waals surface area contributed by atoms with Crippen LogP contribution in [0.4, 0.5) is 18.9 Å². The standard InChI is InChI=1S/C15H10ClF3N2O4S/c1-21-12-5-3-9(7-13(12)25-14(21)22)26(23,24)20-11-6-8(15(17,18)19)2-4-10(11)16/h2-7,20H,1H3. The van der Waals surface area contributed by atoms with Crippen LogP contribution < -0.4 is 10.5 Å². The van der Waals surface area contributed by atoms with Gasteiger partial charge < -0.3 is 4.42 Å². The SMILES string of the molecule is Cn1c(=O)oc2cc(S(=O)(=O)Nc3cc(C(F)(F)F)ccc3Cl)ccc21. The average Bonchev–Trinajstić information content (AvgIpc) is 2.82. The Hall–Kier alpha value is -2.46. The van der Waals surface area contributed by atoms with Crippen LogP contribution in [0.2, 0.25) is 5.02 Å². The molecule has 6 nitrogen and oxygen atoms in total. The Balaban J connectivity index is 2.03. The Morgan fingerprint density at radius 2 is 1.85 bits per heavy atom. The lowest BCUT2D eigenvalue weighted by molar-refractivity contribution is -0.137. The molecule has 3 aromatic rings. The van der Waals surface area contributed by atoms with Gasteiger partial charge in [0.1, 0.15) is 0 Å². The van der Waals surface area contributed by atoms with E-state index >= 15 is 0 Å². The summed E-state index contributed by atoms with van der Waals surface area (Å²) >= 11 is 5.80. The third-order valence-electron chi connectivity index (χ3n) is 3.61. The summed E-state index contributed by atoms with van der Waals surface area (Å²) in [6, 6.07) is 5.93. The van der Waals surface area contributed by atoms with Crippen molar-refractivity contribution in [2.45, 2.75) is 11.1 Å². The molecule has 0 amide bonds. The summed E-state index contributed by atoms with van der Waals surface area (Å²) < 4.78 is 71.5. The zero-order valence-electron chi connectivity index (χ0n) is 13.0. The zero-order valence-corrected chi connectivity index (χ0v) is 14.5. The molecule has 26 heavy (non-hydrogen) atoms. The normalized spacial score (nSPS) is 12.5. The Kier molecular flexibility index (Phi) is 4.27. The van der Waals surface area contributed by atoms with Crippen molar-refractivity contribution in [3.63, 3.8) is 0 Å². The van der Waals surface area contributed by atoms with Gasteiger partial charge in [0.25, 0.3) is 10.0 Å². The first-order valence-electron chi connectivity index (χ1n) is 6.98. The first kappa shape index (κ1) is 18.3. The predicted molar refractivity (Wildman–Crippen MR) is 88.7 cm³/mol. The van der Waals surface area contributed by atoms with E-state index in [1.165, 1.54) is 23.7 Å². The second-order valence-electron chi connectivity index (χ2n) is 5.35. The number of oxazole rings is 1. The fourth-order valence-corrected chi connectivity index (χ4v) is 3.57. The van der Waals surface area contributed by atoms with Crippen LogP contribution in [0.1, 0.15) is 5.56 Å². The van der Waals surface area contributed by atoms with Crippen molar-refractivity contribution in [1.82, 2.24) is 4.57 Å². The lowest BCUT2D eigenvalue weighted by atomic mass is 10.2. The molecule has 0 spiro atoms. The maximum atomic E-state index is 12.8. The van der Waals surface area contributed by atoms with Crippen molar-refractivity contribution in [3.05, 3.63) is 57.5 Å². The van der Waals surface area contributed by atoms with Gasteiger partial charge in [0.15, 0.2) is 5.58 Å². The molecule has 0 unspecified atom stereocenters. The van der Waals surface area contributed by atoms with Crippen molar-refractivity contribution < 1.29 is 26.0 Å². The Labute approximate surface area is 149 Å². The highest BCUT2D eigenvalue weighted by Gasteiger charge is 2.31. The molecule has 11 heteroatoms. The van der Waals surface area contributed by atoms with E-state index in [-0.39, 0.29) is 15.5 Å². The van der Waals surface area contributed by atoms with Gasteiger partial charge >= 0.3 is 11.9 Å². The van der Waals surface area contributed by atoms with E-state index < -0.39 is 33.2 Å². The molecule has 0 aliphatic carbocycles. The zero-order chi connectivity index (χ0) is 19.3. The highest BCUT2D eigenvalue weighted by atomic mass is 35.5. The Morgan fingerprint density at radius 3 is 2.50 bits per heavy atom. The Morgan fingerprint density at radius 1 is 1.15 bits per heavy atom. The highest BCUT2D eigenvalue weighted by molar-refractivity contribution is 7.92. The monoisotopic (exact) mass is 406 g/mol. The molecule has 0 bridgehead atoms. The number of halogens is 4. The van der Waals surface area contributed by atoms with E-state index in [9.17, 15) is 26.4 Å². The van der Waals surface area contributed by atoms with Crippen LogP contribution in [0, 0.1) is 0 Å². The number of hydrogen-bond acceptors (Lipinski definition) is 4. The van der Waals surface area contributed by atoms with Crippen LogP contribution in [-0.4, -0.2) is 13.0 Å². The van der Waals surface area contributed by atoms with Gasteiger partial charge in [-0.2, -0.15) is 13.2 Å². The number of nitrogens with zero attached hydrogens (tertiary/aromatic N) is 1. The van der Waals surface area contributed by atoms with Crippen LogP contribution in [-0.2, 0) is 23.2 Å². The summed E-state index contributed by atoms with van der Waals surface area (Å²) in [6.45, 7) is 0. The molecular weight excluding hydrogens is 397 g/mol. The highest BCUT2D eigenvalue weighted by Crippen LogP contribution is 2.34. The predicted octanol–water partition coefficient (Wildman–Crippen LogP) is 3.60. The quantitative estimate of drug-likeness (QED) is 0.720. The van der Waals surface area contributed by atoms with E-state index in [0.717, 1.165) is 18.2 Å². The second-order valence-corrected chi connectivity index (χ2v) is 7.44. The fourth-order valence-electron chi connectivity index (χ4n) is 2.26. The minimum absolute atomic E-state index is 0.0236. The van der Waals surface area contributed by atoms with Gasteiger partial charge in [0.05, 0.1) is 26.7 Å². The van der Waals surface area contributed by atoms with Gasteiger partial charge in [-0.05, 0) is 30.3 Å². The first-order chi connectivity index (χ1) is 12.0. The molecule has 0 radical (unpaired) electrons. The number of aromatic nitrogens is 1. The third-order valence-corrected chi connectivity index (χ3v) is 5.30. The third kappa shape index (κ3) is 3.29. The van der Waals surface area contributed by atoms with Crippen molar-refractivity contribution in [3.8, 4) is 0 Å². The van der Waals surface area contributed by atoms with E-state index in [1.807, 2.05) is 4.72 Å². The minimum atomic E-state index is -4.66. The maximum Gasteiger partial charge on any atom is 0.419 e. The molecule has 138 valence electrons. The van der Waals surface area contributed by atoms with Crippen molar-refractivity contribution in [2.24, 2.45) is 7.05 Å². The molecular formula is C15H10ClF3N2O4S. The molecule has 1 aromatic heterocycles. The summed E-state index contributed by atoms with van der Waals surface area (Å²) in [5.74, 6) is -0.677. The van der Waals surface area contributed by atoms with E-state index in [4.69, 9.17) is 16.0 Å². The molecule has 0 saturated carbocycles. The lowest BCUT2D eigenvalue weighted by Crippen LogP contribution is -2.14. The van der Waals surface area contributed by atoms with Crippen LogP contribution in [0.15, 0.2) is 50.5 Å². The largest absolute Gasteiger partial charge is 0.419 e. The van der Waals surface area contributed by atoms with Crippen molar-refractivity contribution >= 4 is 38.4 Å². The maximum absolute atomic E-state index is 12.8. The molecule has 2 aromatic carbocycles. The number of alkyl halides is 3. The lowest BCUT2D eigenvalue weighted by Gasteiger charge is -2.13. The summed E-state index contributed by atoms with van der Waals surface area (Å²) in [6.07, 6.45) is -4.66. The average molecular weight is 407 g/mol. The Bertz CT molecular complexity index is 1170. The number of hydrogen-bond donors (Lipinski definition) is 1. The molecule has 0 fully saturated rings. The second kappa shape index (κ2) is 6.06. The van der Waals surface area contributed by atoms with Crippen LogP contribution >= 0.6 is 11.6 Å². The number of aryl methyl sites for hydroxylation is 1. The van der Waals surface area contributed by atoms with Gasteiger partial charge in [-0.3, -0.25) is 9.29 Å². The van der Waals surface area contributed by atoms with Gasteiger partial charge in [-0.15, -0.1) is 0 Å². The number of fused-ring (bicyclic) bond motifs is 1. The van der Waals surface area contributed by atoms with E-state index in [1.54, 1.807) is 0 Å². The van der Waals surface area contributed by atoms with Gasteiger partial charge in [0.2, 0.25) is 0 Å². The number of anilines is 1. The molecule has 1 N–H and O–H groups in total. The summed E-state index contributed by atoms with van der Waals surface area (Å²) in [7, 11) is -2.82. The molecule has 0 aliphatic heterocycles. The smallest absolute Gasteiger partial charge is 0.408 e. The number of benzene rings is 2. The van der Waals surface area contributed by atoms with Crippen molar-refractivity contribution in [2.75, 3.05) is 4.72 Å². The van der Waals surface area contributed by atoms with E-state index in [2.05, 4.69) is 0 Å². The molecule has 0 aliphatic rings. The number of nitrogens with one attached hydrogen (secondary N) is 1. The summed E-state index contributed by atoms with van der Waals surface area (Å²) in [5, 5.41) is -0.200. The molecule has 3 rings (SSSR count).